The molecular formula is C10H14BrN3O. The van der Waals surface area contributed by atoms with Crippen molar-refractivity contribution in [1.82, 2.24) is 9.97 Å². The van der Waals surface area contributed by atoms with Crippen molar-refractivity contribution in [2.24, 2.45) is 0 Å². The lowest BCUT2D eigenvalue weighted by Gasteiger charge is -2.22. The molecule has 15 heavy (non-hydrogen) atoms. The third kappa shape index (κ3) is 2.89. The summed E-state index contributed by atoms with van der Waals surface area (Å²) in [5.41, 5.74) is 0. The number of hydrogen-bond acceptors (Lipinski definition) is 4. The number of rotatable bonds is 1. The Kier molecular flexibility index (Phi) is 3.53. The van der Waals surface area contributed by atoms with Crippen LogP contribution in [0.2, 0.25) is 0 Å². The Balaban J connectivity index is 2.14. The highest BCUT2D eigenvalue weighted by atomic mass is 79.9. The third-order valence-corrected chi connectivity index (χ3v) is 2.86. The average Bonchev–Trinajstić information content (AvgIpc) is 2.43. The molecule has 1 aliphatic rings. The van der Waals surface area contributed by atoms with E-state index >= 15 is 0 Å². The minimum atomic E-state index is 0.371. The van der Waals surface area contributed by atoms with Gasteiger partial charge >= 0.3 is 0 Å². The first-order chi connectivity index (χ1) is 7.25. The molecule has 2 rings (SSSR count). The first-order valence-electron chi connectivity index (χ1n) is 5.02. The fourth-order valence-electron chi connectivity index (χ4n) is 1.60. The average molecular weight is 272 g/mol. The summed E-state index contributed by atoms with van der Waals surface area (Å²) in [5.74, 6) is 1.79. The molecular weight excluding hydrogens is 258 g/mol. The van der Waals surface area contributed by atoms with E-state index in [0.717, 1.165) is 37.9 Å². The molecule has 5 heteroatoms. The second-order valence-corrected chi connectivity index (χ2v) is 4.88. The van der Waals surface area contributed by atoms with Crippen molar-refractivity contribution < 1.29 is 4.74 Å². The Morgan fingerprint density at radius 2 is 2.47 bits per heavy atom. The molecule has 0 saturated carbocycles. The second kappa shape index (κ2) is 4.90. The smallest absolute Gasteiger partial charge is 0.132 e. The van der Waals surface area contributed by atoms with E-state index in [1.165, 1.54) is 0 Å². The van der Waals surface area contributed by atoms with E-state index in [1.54, 1.807) is 6.20 Å². The van der Waals surface area contributed by atoms with E-state index < -0.39 is 0 Å². The molecule has 2 heterocycles. The number of aromatic nitrogens is 2. The zero-order valence-corrected chi connectivity index (χ0v) is 10.3. The molecule has 0 aliphatic carbocycles. The van der Waals surface area contributed by atoms with Crippen molar-refractivity contribution in [3.05, 3.63) is 18.1 Å². The fourth-order valence-corrected chi connectivity index (χ4v) is 2.13. The van der Waals surface area contributed by atoms with Crippen LogP contribution in [0.4, 0.5) is 5.82 Å². The van der Waals surface area contributed by atoms with E-state index in [4.69, 9.17) is 4.74 Å². The minimum absolute atomic E-state index is 0.371. The first kappa shape index (κ1) is 10.8. The van der Waals surface area contributed by atoms with E-state index in [9.17, 15) is 0 Å². The maximum Gasteiger partial charge on any atom is 0.132 e. The lowest BCUT2D eigenvalue weighted by molar-refractivity contribution is 0.156. The predicted molar refractivity (Wildman–Crippen MR) is 62.5 cm³/mol. The summed E-state index contributed by atoms with van der Waals surface area (Å²) < 4.78 is 5.46. The molecule has 0 radical (unpaired) electrons. The molecule has 0 bridgehead atoms. The highest BCUT2D eigenvalue weighted by molar-refractivity contribution is 9.09. The number of anilines is 1. The molecule has 1 aromatic rings. The zero-order chi connectivity index (χ0) is 10.7. The summed E-state index contributed by atoms with van der Waals surface area (Å²) in [4.78, 5) is 11.1. The van der Waals surface area contributed by atoms with Crippen molar-refractivity contribution in [3.63, 3.8) is 0 Å². The second-order valence-electron chi connectivity index (χ2n) is 3.58. The van der Waals surface area contributed by atoms with E-state index in [-0.39, 0.29) is 0 Å². The van der Waals surface area contributed by atoms with Crippen LogP contribution in [-0.2, 0) is 4.74 Å². The summed E-state index contributed by atoms with van der Waals surface area (Å²) in [7, 11) is 0. The van der Waals surface area contributed by atoms with Gasteiger partial charge in [-0.25, -0.2) is 9.97 Å². The number of nitrogens with zero attached hydrogens (tertiary/aromatic N) is 3. The van der Waals surface area contributed by atoms with E-state index in [2.05, 4.69) is 30.8 Å². The van der Waals surface area contributed by atoms with Gasteiger partial charge in [-0.15, -0.1) is 0 Å². The monoisotopic (exact) mass is 271 g/mol. The molecule has 1 atom stereocenters. The highest BCUT2D eigenvalue weighted by Gasteiger charge is 2.17. The van der Waals surface area contributed by atoms with Gasteiger partial charge in [-0.3, -0.25) is 0 Å². The van der Waals surface area contributed by atoms with Crippen LogP contribution in [0.25, 0.3) is 0 Å². The van der Waals surface area contributed by atoms with Gasteiger partial charge in [0, 0.05) is 19.3 Å². The molecule has 0 N–H and O–H groups in total. The molecule has 4 nitrogen and oxygen atoms in total. The van der Waals surface area contributed by atoms with Crippen LogP contribution in [0.3, 0.4) is 0 Å². The van der Waals surface area contributed by atoms with Crippen LogP contribution >= 0.6 is 15.9 Å². The molecule has 82 valence electrons. The Morgan fingerprint density at radius 3 is 3.27 bits per heavy atom. The number of ether oxygens (including phenoxy) is 1. The maximum absolute atomic E-state index is 5.46. The van der Waals surface area contributed by atoms with Gasteiger partial charge in [0.05, 0.1) is 18.0 Å². The van der Waals surface area contributed by atoms with Crippen LogP contribution in [0, 0.1) is 6.92 Å². The molecule has 0 aromatic carbocycles. The van der Waals surface area contributed by atoms with Crippen molar-refractivity contribution in [2.45, 2.75) is 11.8 Å². The van der Waals surface area contributed by atoms with Gasteiger partial charge in [-0.1, -0.05) is 15.9 Å². The van der Waals surface area contributed by atoms with Gasteiger partial charge < -0.3 is 9.64 Å². The van der Waals surface area contributed by atoms with Crippen molar-refractivity contribution in [3.8, 4) is 0 Å². The van der Waals surface area contributed by atoms with Gasteiger partial charge in [0.1, 0.15) is 11.6 Å². The van der Waals surface area contributed by atoms with E-state index in [1.807, 2.05) is 13.0 Å². The van der Waals surface area contributed by atoms with Gasteiger partial charge in [0.15, 0.2) is 0 Å². The van der Waals surface area contributed by atoms with Crippen LogP contribution < -0.4 is 4.90 Å². The third-order valence-electron chi connectivity index (χ3n) is 2.31. The predicted octanol–water partition coefficient (Wildman–Crippen LogP) is 1.39. The first-order valence-corrected chi connectivity index (χ1v) is 5.93. The number of halogens is 1. The van der Waals surface area contributed by atoms with Crippen molar-refractivity contribution >= 4 is 21.7 Å². The van der Waals surface area contributed by atoms with Crippen LogP contribution in [0.5, 0.6) is 0 Å². The summed E-state index contributed by atoms with van der Waals surface area (Å²) in [6, 6.07) is 1.94. The molecule has 1 saturated heterocycles. The Morgan fingerprint density at radius 1 is 1.60 bits per heavy atom. The Bertz CT molecular complexity index is 334. The Hall–Kier alpha value is -0.680. The van der Waals surface area contributed by atoms with Crippen LogP contribution in [0.15, 0.2) is 12.3 Å². The van der Waals surface area contributed by atoms with Gasteiger partial charge in [-0.2, -0.15) is 0 Å². The summed E-state index contributed by atoms with van der Waals surface area (Å²) in [6.45, 7) is 5.24. The lowest BCUT2D eigenvalue weighted by Crippen LogP contribution is -2.31. The van der Waals surface area contributed by atoms with Crippen LogP contribution in [0.1, 0.15) is 5.82 Å². The Labute approximate surface area is 97.8 Å². The molecule has 1 fully saturated rings. The molecule has 0 spiro atoms. The molecule has 1 aromatic heterocycles. The summed E-state index contributed by atoms with van der Waals surface area (Å²) in [6.07, 6.45) is 1.80. The van der Waals surface area contributed by atoms with Gasteiger partial charge in [0.2, 0.25) is 0 Å². The standard InChI is InChI=1S/C10H14BrN3O/c1-8-12-3-2-10(13-8)14-4-5-15-7-9(11)6-14/h2-3,9H,4-7H2,1H3. The molecule has 0 amide bonds. The molecule has 1 unspecified atom stereocenters. The highest BCUT2D eigenvalue weighted by Crippen LogP contribution is 2.15. The summed E-state index contributed by atoms with van der Waals surface area (Å²) in [5, 5.41) is 0. The maximum atomic E-state index is 5.46. The fraction of sp³-hybridized carbons (Fsp3) is 0.600. The van der Waals surface area contributed by atoms with Crippen LogP contribution in [-0.4, -0.2) is 41.1 Å². The number of alkyl halides is 1. The van der Waals surface area contributed by atoms with Crippen molar-refractivity contribution in [2.75, 3.05) is 31.2 Å². The van der Waals surface area contributed by atoms with Gasteiger partial charge in [-0.05, 0) is 13.0 Å². The normalized spacial score (nSPS) is 22.5. The summed E-state index contributed by atoms with van der Waals surface area (Å²) >= 11 is 3.58. The molecule has 1 aliphatic heterocycles. The largest absolute Gasteiger partial charge is 0.378 e. The number of hydrogen-bond donors (Lipinski definition) is 0. The zero-order valence-electron chi connectivity index (χ0n) is 8.69. The SMILES string of the molecule is Cc1nccc(N2CCOCC(Br)C2)n1. The minimum Gasteiger partial charge on any atom is -0.378 e. The van der Waals surface area contributed by atoms with Crippen molar-refractivity contribution in [1.29, 1.82) is 0 Å². The lowest BCUT2D eigenvalue weighted by atomic mass is 10.4. The van der Waals surface area contributed by atoms with Gasteiger partial charge in [0.25, 0.3) is 0 Å². The van der Waals surface area contributed by atoms with E-state index in [0.29, 0.717) is 4.83 Å². The topological polar surface area (TPSA) is 38.2 Å². The quantitative estimate of drug-likeness (QED) is 0.724. The number of aryl methyl sites for hydroxylation is 1.